The predicted octanol–water partition coefficient (Wildman–Crippen LogP) is 3.83. The van der Waals surface area contributed by atoms with E-state index in [2.05, 4.69) is 15.0 Å². The van der Waals surface area contributed by atoms with Crippen LogP contribution in [0.3, 0.4) is 0 Å². The van der Waals surface area contributed by atoms with E-state index in [0.29, 0.717) is 16.8 Å². The number of sulfonamides is 1. The molecule has 13 heteroatoms. The van der Waals surface area contributed by atoms with Gasteiger partial charge in [0.1, 0.15) is 5.75 Å². The maximum atomic E-state index is 13.4. The zero-order chi connectivity index (χ0) is 26.3. The molecule has 2 N–H and O–H groups in total. The number of ether oxygens (including phenoxy) is 1. The number of carbonyl (C=O) groups is 2. The number of nitrogens with one attached hydrogen (secondary N) is 2. The third-order valence-corrected chi connectivity index (χ3v) is 6.05. The second-order valence-corrected chi connectivity index (χ2v) is 9.96. The van der Waals surface area contributed by atoms with Crippen molar-refractivity contribution in [1.82, 2.24) is 10.3 Å². The first-order valence-corrected chi connectivity index (χ1v) is 12.5. The Bertz CT molecular complexity index is 1460. The number of halogens is 3. The first-order chi connectivity index (χ1) is 16.8. The van der Waals surface area contributed by atoms with Crippen molar-refractivity contribution < 1.29 is 35.9 Å². The number of benzene rings is 2. The number of hydrogen-bond acceptors (Lipinski definition) is 6. The zero-order valence-corrected chi connectivity index (χ0v) is 20.0. The number of amides is 3. The highest BCUT2D eigenvalue weighted by Gasteiger charge is 2.33. The molecule has 36 heavy (non-hydrogen) atoms. The van der Waals surface area contributed by atoms with Gasteiger partial charge in [-0.1, -0.05) is 12.1 Å². The Morgan fingerprint density at radius 2 is 1.83 bits per heavy atom. The number of nitrogens with zero attached hydrogens (tertiary/aromatic N) is 2. The average molecular weight is 523 g/mol. The Morgan fingerprint density at radius 1 is 1.14 bits per heavy atom. The molecule has 2 heterocycles. The van der Waals surface area contributed by atoms with Crippen molar-refractivity contribution >= 4 is 44.2 Å². The van der Waals surface area contributed by atoms with Crippen molar-refractivity contribution in [2.75, 3.05) is 29.5 Å². The minimum Gasteiger partial charge on any atom is -0.496 e. The molecule has 0 aliphatic carbocycles. The summed E-state index contributed by atoms with van der Waals surface area (Å²) in [5, 5.41) is 2.41. The molecule has 0 spiro atoms. The summed E-state index contributed by atoms with van der Waals surface area (Å²) in [5.41, 5.74) is 1.64. The van der Waals surface area contributed by atoms with Crippen molar-refractivity contribution in [3.8, 4) is 16.9 Å². The molecule has 0 atom stereocenters. The highest BCUT2D eigenvalue weighted by atomic mass is 32.2. The van der Waals surface area contributed by atoms with E-state index in [4.69, 9.17) is 4.74 Å². The average Bonchev–Trinajstić information content (AvgIpc) is 2.77. The van der Waals surface area contributed by atoms with Gasteiger partial charge in [0.05, 0.1) is 31.0 Å². The smallest absolute Gasteiger partial charge is 0.393 e. The van der Waals surface area contributed by atoms with Crippen LogP contribution in [-0.2, 0) is 21.2 Å². The van der Waals surface area contributed by atoms with E-state index < -0.39 is 34.6 Å². The number of anilines is 2. The minimum absolute atomic E-state index is 0.0141. The van der Waals surface area contributed by atoms with Gasteiger partial charge in [-0.15, -0.1) is 0 Å². The third kappa shape index (κ3) is 5.51. The minimum atomic E-state index is -4.55. The number of alkyl halides is 3. The van der Waals surface area contributed by atoms with Crippen LogP contribution < -0.4 is 19.7 Å². The SMILES string of the molecule is COc1c(CC(F)(F)F)cc(N2CCC(=O)NC2=O)c2ncc(-c3ccc(NS(C)(=O)=O)cc3)cc12. The molecule has 4 rings (SSSR count). The molecule has 0 unspecified atom stereocenters. The van der Waals surface area contributed by atoms with Crippen LogP contribution >= 0.6 is 0 Å². The van der Waals surface area contributed by atoms with E-state index in [1.54, 1.807) is 30.3 Å². The van der Waals surface area contributed by atoms with Crippen LogP contribution in [0.25, 0.3) is 22.0 Å². The molecule has 3 amide bonds. The zero-order valence-electron chi connectivity index (χ0n) is 19.1. The van der Waals surface area contributed by atoms with Gasteiger partial charge in [0, 0.05) is 41.4 Å². The Hall–Kier alpha value is -3.87. The topological polar surface area (TPSA) is 118 Å². The summed E-state index contributed by atoms with van der Waals surface area (Å²) in [4.78, 5) is 29.7. The second-order valence-electron chi connectivity index (χ2n) is 8.21. The van der Waals surface area contributed by atoms with E-state index in [0.717, 1.165) is 6.26 Å². The number of aromatic nitrogens is 1. The van der Waals surface area contributed by atoms with Crippen molar-refractivity contribution in [2.45, 2.75) is 19.0 Å². The number of fused-ring (bicyclic) bond motifs is 1. The monoisotopic (exact) mass is 522 g/mol. The number of imide groups is 1. The molecule has 0 saturated carbocycles. The fourth-order valence-corrected chi connectivity index (χ4v) is 4.57. The Kier molecular flexibility index (Phi) is 6.52. The second kappa shape index (κ2) is 9.30. The Morgan fingerprint density at radius 3 is 2.42 bits per heavy atom. The fraction of sp³-hybridized carbons (Fsp3) is 0.261. The van der Waals surface area contributed by atoms with Crippen LogP contribution in [0.4, 0.5) is 29.3 Å². The molecule has 1 aromatic heterocycles. The summed E-state index contributed by atoms with van der Waals surface area (Å²) in [5.74, 6) is -0.516. The van der Waals surface area contributed by atoms with E-state index >= 15 is 0 Å². The van der Waals surface area contributed by atoms with Gasteiger partial charge < -0.3 is 4.74 Å². The molecule has 3 aromatic rings. The van der Waals surface area contributed by atoms with Gasteiger partial charge in [-0.05, 0) is 29.8 Å². The van der Waals surface area contributed by atoms with E-state index in [-0.39, 0.29) is 40.9 Å². The summed E-state index contributed by atoms with van der Waals surface area (Å²) in [6, 6.07) is 8.39. The first kappa shape index (κ1) is 25.2. The Balaban J connectivity index is 1.87. The third-order valence-electron chi connectivity index (χ3n) is 5.44. The summed E-state index contributed by atoms with van der Waals surface area (Å²) in [6.45, 7) is -0.0181. The quantitative estimate of drug-likeness (QED) is 0.508. The summed E-state index contributed by atoms with van der Waals surface area (Å²) >= 11 is 0. The molecule has 1 aliphatic rings. The van der Waals surface area contributed by atoms with Gasteiger partial charge in [-0.3, -0.25) is 24.7 Å². The van der Waals surface area contributed by atoms with Crippen molar-refractivity contribution in [2.24, 2.45) is 0 Å². The van der Waals surface area contributed by atoms with Crippen LogP contribution in [0.15, 0.2) is 42.6 Å². The lowest BCUT2D eigenvalue weighted by Crippen LogP contribution is -2.49. The first-order valence-electron chi connectivity index (χ1n) is 10.6. The summed E-state index contributed by atoms with van der Waals surface area (Å²) in [7, 11) is -2.22. The van der Waals surface area contributed by atoms with Crippen LogP contribution in [0.2, 0.25) is 0 Å². The van der Waals surface area contributed by atoms with Crippen molar-refractivity contribution in [1.29, 1.82) is 0 Å². The highest BCUT2D eigenvalue weighted by Crippen LogP contribution is 2.40. The molecule has 2 aromatic carbocycles. The van der Waals surface area contributed by atoms with Crippen LogP contribution in [-0.4, -0.2) is 51.4 Å². The van der Waals surface area contributed by atoms with Crippen LogP contribution in [0.5, 0.6) is 5.75 Å². The largest absolute Gasteiger partial charge is 0.496 e. The Labute approximate surface area is 204 Å². The lowest BCUT2D eigenvalue weighted by Gasteiger charge is -2.28. The van der Waals surface area contributed by atoms with Gasteiger partial charge in [0.15, 0.2) is 0 Å². The van der Waals surface area contributed by atoms with E-state index in [1.807, 2.05) is 0 Å². The summed E-state index contributed by atoms with van der Waals surface area (Å²) < 4.78 is 70.8. The van der Waals surface area contributed by atoms with Crippen LogP contribution in [0.1, 0.15) is 12.0 Å². The van der Waals surface area contributed by atoms with Gasteiger partial charge in [0.2, 0.25) is 15.9 Å². The number of urea groups is 1. The van der Waals surface area contributed by atoms with Crippen molar-refractivity contribution in [3.63, 3.8) is 0 Å². The van der Waals surface area contributed by atoms with Gasteiger partial charge in [-0.25, -0.2) is 13.2 Å². The van der Waals surface area contributed by atoms with Gasteiger partial charge >= 0.3 is 12.2 Å². The van der Waals surface area contributed by atoms with Crippen LogP contribution in [0, 0.1) is 0 Å². The molecular formula is C23H21F3N4O5S. The molecule has 1 aliphatic heterocycles. The number of hydrogen-bond donors (Lipinski definition) is 2. The molecule has 1 fully saturated rings. The number of methoxy groups -OCH3 is 1. The standard InChI is InChI=1S/C23H21F3N4O5S/c1-35-21-14(11-23(24,25)26)10-18(30-8-7-19(31)28-22(30)32)20-17(21)9-15(12-27-20)13-3-5-16(6-4-13)29-36(2,33)34/h3-6,9-10,12,29H,7-8,11H2,1-2H3,(H,28,31,32). The predicted molar refractivity (Wildman–Crippen MR) is 127 cm³/mol. The molecule has 190 valence electrons. The normalized spacial score (nSPS) is 14.6. The molecule has 9 nitrogen and oxygen atoms in total. The molecular weight excluding hydrogens is 501 g/mol. The van der Waals surface area contributed by atoms with Crippen molar-refractivity contribution in [3.05, 3.63) is 48.2 Å². The maximum Gasteiger partial charge on any atom is 0.393 e. The highest BCUT2D eigenvalue weighted by molar-refractivity contribution is 7.92. The number of pyridine rings is 1. The lowest BCUT2D eigenvalue weighted by molar-refractivity contribution is -0.127. The summed E-state index contributed by atoms with van der Waals surface area (Å²) in [6.07, 6.45) is -3.36. The maximum absolute atomic E-state index is 13.4. The fourth-order valence-electron chi connectivity index (χ4n) is 4.00. The number of rotatable bonds is 6. The van der Waals surface area contributed by atoms with E-state index in [1.165, 1.54) is 24.3 Å². The van der Waals surface area contributed by atoms with Gasteiger partial charge in [0.25, 0.3) is 0 Å². The number of carbonyl (C=O) groups excluding carboxylic acids is 2. The van der Waals surface area contributed by atoms with E-state index in [9.17, 15) is 31.2 Å². The van der Waals surface area contributed by atoms with Gasteiger partial charge in [-0.2, -0.15) is 13.2 Å². The lowest BCUT2D eigenvalue weighted by atomic mass is 9.99. The molecule has 1 saturated heterocycles. The molecule has 0 radical (unpaired) electrons. The molecule has 0 bridgehead atoms.